The molecule has 0 saturated carbocycles. The summed E-state index contributed by atoms with van der Waals surface area (Å²) in [5, 5.41) is 2.71. The minimum absolute atomic E-state index is 0.136. The lowest BCUT2D eigenvalue weighted by molar-refractivity contribution is 0.0523. The number of hydrogen-bond acceptors (Lipinski definition) is 4. The lowest BCUT2D eigenvalue weighted by Gasteiger charge is -2.20. The maximum Gasteiger partial charge on any atom is 0.407 e. The number of carbonyl (C=O) groups excluding carboxylic acids is 2. The van der Waals surface area contributed by atoms with Crippen LogP contribution in [0.25, 0.3) is 6.08 Å². The van der Waals surface area contributed by atoms with Crippen molar-refractivity contribution in [2.24, 2.45) is 4.99 Å². The molecule has 0 saturated heterocycles. The minimum Gasteiger partial charge on any atom is -0.444 e. The number of aliphatic imine (C=N–C) groups is 1. The van der Waals surface area contributed by atoms with Crippen LogP contribution in [0.15, 0.2) is 59.6 Å². The molecule has 0 aliphatic carbocycles. The van der Waals surface area contributed by atoms with Crippen LogP contribution in [0.1, 0.15) is 48.7 Å². The van der Waals surface area contributed by atoms with Crippen LogP contribution in [0.4, 0.5) is 10.5 Å². The number of allylic oxidation sites excluding steroid dienone is 1. The van der Waals surface area contributed by atoms with Crippen LogP contribution in [0, 0.1) is 0 Å². The lowest BCUT2D eigenvalue weighted by atomic mass is 9.99. The number of fused-ring (bicyclic) bond motifs is 1. The SMILES string of the molecule is CC(C)(C)OC(=O)NCc1ccccc1C(=O)C1=Nc2ccccc2C=CC1. The average Bonchev–Trinajstić information content (AvgIpc) is 2.87. The molecule has 5 nitrogen and oxygen atoms in total. The molecule has 2 aromatic rings. The number of ketones is 1. The second-order valence-corrected chi connectivity index (χ2v) is 7.57. The lowest BCUT2D eigenvalue weighted by Crippen LogP contribution is -2.32. The highest BCUT2D eigenvalue weighted by Gasteiger charge is 2.20. The Labute approximate surface area is 165 Å². The Balaban J connectivity index is 1.81. The molecule has 144 valence electrons. The van der Waals surface area contributed by atoms with Gasteiger partial charge in [0.05, 0.1) is 11.4 Å². The van der Waals surface area contributed by atoms with Gasteiger partial charge in [-0.1, -0.05) is 54.6 Å². The van der Waals surface area contributed by atoms with E-state index in [1.165, 1.54) is 0 Å². The number of rotatable bonds is 4. The van der Waals surface area contributed by atoms with Crippen molar-refractivity contribution >= 4 is 29.4 Å². The van der Waals surface area contributed by atoms with Gasteiger partial charge in [0.1, 0.15) is 5.60 Å². The first-order chi connectivity index (χ1) is 13.3. The van der Waals surface area contributed by atoms with Crippen LogP contribution in [-0.4, -0.2) is 23.2 Å². The topological polar surface area (TPSA) is 67.8 Å². The van der Waals surface area contributed by atoms with Crippen LogP contribution < -0.4 is 5.32 Å². The molecule has 0 radical (unpaired) electrons. The number of Topliss-reactive ketones (excluding diaryl/α,β-unsaturated/α-hetero) is 1. The first-order valence-corrected chi connectivity index (χ1v) is 9.26. The Bertz CT molecular complexity index is 952. The van der Waals surface area contributed by atoms with Crippen LogP contribution >= 0.6 is 0 Å². The summed E-state index contributed by atoms with van der Waals surface area (Å²) in [7, 11) is 0. The van der Waals surface area contributed by atoms with E-state index in [0.29, 0.717) is 17.7 Å². The summed E-state index contributed by atoms with van der Waals surface area (Å²) < 4.78 is 5.26. The molecule has 2 aromatic carbocycles. The smallest absolute Gasteiger partial charge is 0.407 e. The van der Waals surface area contributed by atoms with Gasteiger partial charge in [-0.2, -0.15) is 0 Å². The van der Waals surface area contributed by atoms with Gasteiger partial charge >= 0.3 is 6.09 Å². The van der Waals surface area contributed by atoms with Gasteiger partial charge in [-0.05, 0) is 38.0 Å². The van der Waals surface area contributed by atoms with E-state index in [2.05, 4.69) is 10.3 Å². The van der Waals surface area contributed by atoms with Crippen molar-refractivity contribution in [1.82, 2.24) is 5.32 Å². The Morgan fingerprint density at radius 2 is 1.79 bits per heavy atom. The van der Waals surface area contributed by atoms with Gasteiger partial charge in [-0.3, -0.25) is 4.79 Å². The van der Waals surface area contributed by atoms with Crippen molar-refractivity contribution in [3.05, 3.63) is 71.3 Å². The maximum absolute atomic E-state index is 13.1. The van der Waals surface area contributed by atoms with E-state index in [4.69, 9.17) is 4.74 Å². The van der Waals surface area contributed by atoms with Crippen molar-refractivity contribution in [2.75, 3.05) is 0 Å². The van der Waals surface area contributed by atoms with Crippen LogP contribution in [0.3, 0.4) is 0 Å². The summed E-state index contributed by atoms with van der Waals surface area (Å²) in [5.74, 6) is -0.136. The van der Waals surface area contributed by atoms with Crippen molar-refractivity contribution in [2.45, 2.75) is 39.3 Å². The standard InChI is InChI=1S/C23H24N2O3/c1-23(2,3)28-22(27)24-15-17-10-4-6-12-18(17)21(26)20-14-8-11-16-9-5-7-13-19(16)25-20/h4-13H,14-15H2,1-3H3,(H,24,27). The highest BCUT2D eigenvalue weighted by molar-refractivity contribution is 6.47. The molecule has 1 aliphatic heterocycles. The number of para-hydroxylation sites is 1. The van der Waals surface area contributed by atoms with Crippen molar-refractivity contribution in [3.63, 3.8) is 0 Å². The molecule has 28 heavy (non-hydrogen) atoms. The maximum atomic E-state index is 13.1. The van der Waals surface area contributed by atoms with Gasteiger partial charge in [0.2, 0.25) is 5.78 Å². The number of alkyl carbamates (subject to hydrolysis) is 1. The molecule has 0 bridgehead atoms. The number of nitrogens with zero attached hydrogens (tertiary/aromatic N) is 1. The molecule has 5 heteroatoms. The number of ether oxygens (including phenoxy) is 1. The van der Waals surface area contributed by atoms with Gasteiger partial charge in [0.15, 0.2) is 0 Å². The molecule has 0 spiro atoms. The number of nitrogens with one attached hydrogen (secondary N) is 1. The summed E-state index contributed by atoms with van der Waals surface area (Å²) in [6, 6.07) is 15.0. The fourth-order valence-electron chi connectivity index (χ4n) is 2.90. The van der Waals surface area contributed by atoms with E-state index in [9.17, 15) is 9.59 Å². The molecule has 1 heterocycles. The van der Waals surface area contributed by atoms with Crippen LogP contribution in [0.5, 0.6) is 0 Å². The third-order valence-corrected chi connectivity index (χ3v) is 4.15. The molecular formula is C23H24N2O3. The van der Waals surface area contributed by atoms with Crippen LogP contribution in [0.2, 0.25) is 0 Å². The molecule has 1 N–H and O–H groups in total. The van der Waals surface area contributed by atoms with Crippen molar-refractivity contribution in [3.8, 4) is 0 Å². The minimum atomic E-state index is -0.575. The molecule has 3 rings (SSSR count). The van der Waals surface area contributed by atoms with Crippen molar-refractivity contribution in [1.29, 1.82) is 0 Å². The molecule has 1 amide bonds. The Kier molecular flexibility index (Phi) is 5.73. The largest absolute Gasteiger partial charge is 0.444 e. The zero-order chi connectivity index (χ0) is 20.1. The number of carbonyl (C=O) groups is 2. The number of hydrogen-bond donors (Lipinski definition) is 1. The Morgan fingerprint density at radius 1 is 1.07 bits per heavy atom. The van der Waals surface area contributed by atoms with E-state index in [-0.39, 0.29) is 12.3 Å². The number of amides is 1. The fourth-order valence-corrected chi connectivity index (χ4v) is 2.90. The van der Waals surface area contributed by atoms with E-state index < -0.39 is 11.7 Å². The zero-order valence-electron chi connectivity index (χ0n) is 16.4. The third kappa shape index (κ3) is 4.94. The van der Waals surface area contributed by atoms with Gasteiger partial charge in [-0.25, -0.2) is 9.79 Å². The first kappa shape index (κ1) is 19.5. The summed E-state index contributed by atoms with van der Waals surface area (Å²) >= 11 is 0. The van der Waals surface area contributed by atoms with Gasteiger partial charge < -0.3 is 10.1 Å². The quantitative estimate of drug-likeness (QED) is 0.756. The number of benzene rings is 2. The summed E-state index contributed by atoms with van der Waals surface area (Å²) in [6.45, 7) is 5.62. The summed E-state index contributed by atoms with van der Waals surface area (Å²) in [6.07, 6.45) is 3.87. The van der Waals surface area contributed by atoms with E-state index in [1.54, 1.807) is 26.8 Å². The first-order valence-electron chi connectivity index (χ1n) is 9.26. The molecule has 0 aromatic heterocycles. The highest BCUT2D eigenvalue weighted by atomic mass is 16.6. The van der Waals surface area contributed by atoms with E-state index in [1.807, 2.05) is 54.6 Å². The Hall–Kier alpha value is -3.21. The molecule has 0 unspecified atom stereocenters. The summed E-state index contributed by atoms with van der Waals surface area (Å²) in [4.78, 5) is 29.7. The molecule has 1 aliphatic rings. The van der Waals surface area contributed by atoms with E-state index >= 15 is 0 Å². The van der Waals surface area contributed by atoms with Gasteiger partial charge in [0.25, 0.3) is 0 Å². The zero-order valence-corrected chi connectivity index (χ0v) is 16.4. The average molecular weight is 376 g/mol. The highest BCUT2D eigenvalue weighted by Crippen LogP contribution is 2.25. The molecule has 0 atom stereocenters. The van der Waals surface area contributed by atoms with Crippen molar-refractivity contribution < 1.29 is 14.3 Å². The third-order valence-electron chi connectivity index (χ3n) is 4.15. The predicted octanol–water partition coefficient (Wildman–Crippen LogP) is 5.08. The second kappa shape index (κ2) is 8.21. The van der Waals surface area contributed by atoms with Crippen LogP contribution in [-0.2, 0) is 11.3 Å². The monoisotopic (exact) mass is 376 g/mol. The molecule has 0 fully saturated rings. The van der Waals surface area contributed by atoms with E-state index in [0.717, 1.165) is 16.8 Å². The van der Waals surface area contributed by atoms with Gasteiger partial charge in [-0.15, -0.1) is 0 Å². The second-order valence-electron chi connectivity index (χ2n) is 7.57. The predicted molar refractivity (Wildman–Crippen MR) is 111 cm³/mol. The Morgan fingerprint density at radius 3 is 2.57 bits per heavy atom. The fraction of sp³-hybridized carbons (Fsp3) is 0.261. The normalized spacial score (nSPS) is 13.2. The van der Waals surface area contributed by atoms with Gasteiger partial charge in [0, 0.05) is 18.5 Å². The molecular weight excluding hydrogens is 352 g/mol. The summed E-state index contributed by atoms with van der Waals surface area (Å²) in [5.41, 5.74) is 2.93.